The SMILES string of the molecule is O=C(N1CCNCC1)N(Cc1cc2ccccc2o1)c1ccon1. The van der Waals surface area contributed by atoms with Crippen LogP contribution in [0.5, 0.6) is 0 Å². The molecule has 3 aromatic rings. The summed E-state index contributed by atoms with van der Waals surface area (Å²) in [6.45, 7) is 3.25. The van der Waals surface area contributed by atoms with Gasteiger partial charge in [-0.1, -0.05) is 23.4 Å². The minimum atomic E-state index is -0.0918. The molecule has 0 unspecified atom stereocenters. The van der Waals surface area contributed by atoms with E-state index in [-0.39, 0.29) is 6.03 Å². The second kappa shape index (κ2) is 6.37. The van der Waals surface area contributed by atoms with Crippen molar-refractivity contribution in [3.05, 3.63) is 48.4 Å². The van der Waals surface area contributed by atoms with Crippen molar-refractivity contribution in [1.82, 2.24) is 15.4 Å². The fraction of sp³-hybridized carbons (Fsp3) is 0.294. The van der Waals surface area contributed by atoms with Crippen molar-refractivity contribution in [2.75, 3.05) is 31.1 Å². The van der Waals surface area contributed by atoms with Gasteiger partial charge in [-0.3, -0.25) is 4.90 Å². The lowest BCUT2D eigenvalue weighted by Crippen LogP contribution is -2.51. The van der Waals surface area contributed by atoms with Crippen LogP contribution in [-0.2, 0) is 6.54 Å². The van der Waals surface area contributed by atoms with E-state index in [4.69, 9.17) is 8.94 Å². The second-order valence-corrected chi connectivity index (χ2v) is 5.71. The average Bonchev–Trinajstić information content (AvgIpc) is 3.29. The molecule has 1 aliphatic heterocycles. The first kappa shape index (κ1) is 14.8. The number of carbonyl (C=O) groups is 1. The van der Waals surface area contributed by atoms with Crippen molar-refractivity contribution in [3.8, 4) is 0 Å². The number of benzene rings is 1. The number of nitrogens with one attached hydrogen (secondary N) is 1. The van der Waals surface area contributed by atoms with Gasteiger partial charge in [-0.05, 0) is 12.1 Å². The molecule has 1 aliphatic rings. The summed E-state index contributed by atoms with van der Waals surface area (Å²) in [7, 11) is 0. The number of furan rings is 1. The van der Waals surface area contributed by atoms with Crippen LogP contribution >= 0.6 is 0 Å². The number of hydrogen-bond acceptors (Lipinski definition) is 5. The number of aromatic nitrogens is 1. The number of rotatable bonds is 3. The van der Waals surface area contributed by atoms with Crippen LogP contribution in [0.4, 0.5) is 10.6 Å². The molecule has 0 atom stereocenters. The highest BCUT2D eigenvalue weighted by Gasteiger charge is 2.26. The second-order valence-electron chi connectivity index (χ2n) is 5.71. The van der Waals surface area contributed by atoms with Crippen LogP contribution in [0.2, 0.25) is 0 Å². The topological polar surface area (TPSA) is 74.8 Å². The zero-order valence-electron chi connectivity index (χ0n) is 13.1. The lowest BCUT2D eigenvalue weighted by atomic mass is 10.2. The molecular formula is C17H18N4O3. The number of carbonyl (C=O) groups excluding carboxylic acids is 1. The Balaban J connectivity index is 1.61. The average molecular weight is 326 g/mol. The van der Waals surface area contributed by atoms with Crippen LogP contribution in [0.25, 0.3) is 11.0 Å². The molecule has 7 heteroatoms. The van der Waals surface area contributed by atoms with Crippen LogP contribution in [0.1, 0.15) is 5.76 Å². The summed E-state index contributed by atoms with van der Waals surface area (Å²) in [5.41, 5.74) is 0.808. The van der Waals surface area contributed by atoms with Crippen molar-refractivity contribution < 1.29 is 13.7 Å². The van der Waals surface area contributed by atoms with E-state index >= 15 is 0 Å². The highest BCUT2D eigenvalue weighted by atomic mass is 16.5. The van der Waals surface area contributed by atoms with E-state index in [1.54, 1.807) is 11.0 Å². The molecule has 0 spiro atoms. The number of urea groups is 1. The first-order chi connectivity index (χ1) is 11.8. The van der Waals surface area contributed by atoms with Gasteiger partial charge in [0.2, 0.25) is 0 Å². The molecule has 0 radical (unpaired) electrons. The molecule has 0 saturated carbocycles. The van der Waals surface area contributed by atoms with E-state index in [1.165, 1.54) is 6.26 Å². The number of fused-ring (bicyclic) bond motifs is 1. The van der Waals surface area contributed by atoms with Gasteiger partial charge >= 0.3 is 6.03 Å². The van der Waals surface area contributed by atoms with Crippen LogP contribution in [0, 0.1) is 0 Å². The smallest absolute Gasteiger partial charge is 0.326 e. The number of piperazine rings is 1. The maximum absolute atomic E-state index is 12.9. The van der Waals surface area contributed by atoms with Crippen LogP contribution in [-0.4, -0.2) is 42.3 Å². The predicted octanol–water partition coefficient (Wildman–Crippen LogP) is 2.45. The fourth-order valence-corrected chi connectivity index (χ4v) is 2.89. The molecule has 1 N–H and O–H groups in total. The normalized spacial score (nSPS) is 14.9. The third-order valence-corrected chi connectivity index (χ3v) is 4.11. The van der Waals surface area contributed by atoms with E-state index in [2.05, 4.69) is 10.5 Å². The van der Waals surface area contributed by atoms with Gasteiger partial charge in [0.1, 0.15) is 17.6 Å². The summed E-state index contributed by atoms with van der Waals surface area (Å²) >= 11 is 0. The molecule has 2 aromatic heterocycles. The van der Waals surface area contributed by atoms with Crippen LogP contribution < -0.4 is 10.2 Å². The largest absolute Gasteiger partial charge is 0.459 e. The van der Waals surface area contributed by atoms with E-state index in [0.29, 0.717) is 31.2 Å². The van der Waals surface area contributed by atoms with Crippen molar-refractivity contribution in [3.63, 3.8) is 0 Å². The maximum Gasteiger partial charge on any atom is 0.326 e. The molecule has 1 fully saturated rings. The van der Waals surface area contributed by atoms with E-state index in [1.807, 2.05) is 35.2 Å². The summed E-state index contributed by atoms with van der Waals surface area (Å²) in [6, 6.07) is 11.3. The Morgan fingerprint density at radius 1 is 1.25 bits per heavy atom. The lowest BCUT2D eigenvalue weighted by molar-refractivity contribution is 0.195. The monoisotopic (exact) mass is 326 g/mol. The van der Waals surface area contributed by atoms with Crippen LogP contribution in [0.3, 0.4) is 0 Å². The highest BCUT2D eigenvalue weighted by molar-refractivity contribution is 5.91. The van der Waals surface area contributed by atoms with Gasteiger partial charge in [-0.25, -0.2) is 4.79 Å². The summed E-state index contributed by atoms with van der Waals surface area (Å²) in [4.78, 5) is 16.3. The summed E-state index contributed by atoms with van der Waals surface area (Å²) < 4.78 is 10.8. The Morgan fingerprint density at radius 3 is 2.83 bits per heavy atom. The Hall–Kier alpha value is -2.80. The number of anilines is 1. The molecule has 124 valence electrons. The van der Waals surface area contributed by atoms with Crippen LogP contribution in [0.15, 0.2) is 51.6 Å². The van der Waals surface area contributed by atoms with Crippen molar-refractivity contribution in [1.29, 1.82) is 0 Å². The molecule has 0 aliphatic carbocycles. The van der Waals surface area contributed by atoms with Gasteiger partial charge in [0.05, 0.1) is 6.54 Å². The van der Waals surface area contributed by atoms with Crippen molar-refractivity contribution in [2.24, 2.45) is 0 Å². The first-order valence-corrected chi connectivity index (χ1v) is 7.96. The summed E-state index contributed by atoms with van der Waals surface area (Å²) in [5, 5.41) is 8.19. The highest BCUT2D eigenvalue weighted by Crippen LogP contribution is 2.23. The summed E-state index contributed by atoms with van der Waals surface area (Å²) in [5.74, 6) is 1.20. The number of nitrogens with zero attached hydrogens (tertiary/aromatic N) is 3. The maximum atomic E-state index is 12.9. The van der Waals surface area contributed by atoms with Gasteiger partial charge in [0.25, 0.3) is 0 Å². The molecule has 4 rings (SSSR count). The standard InChI is InChI=1S/C17H18N4O3/c22-17(20-8-6-18-7-9-20)21(16-5-10-23-19-16)12-14-11-13-3-1-2-4-15(13)24-14/h1-5,10-11,18H,6-9,12H2. The third-order valence-electron chi connectivity index (χ3n) is 4.11. The zero-order valence-corrected chi connectivity index (χ0v) is 13.1. The molecule has 24 heavy (non-hydrogen) atoms. The first-order valence-electron chi connectivity index (χ1n) is 7.96. The Morgan fingerprint density at radius 2 is 2.08 bits per heavy atom. The molecule has 0 bridgehead atoms. The van der Waals surface area contributed by atoms with E-state index in [9.17, 15) is 4.79 Å². The Labute approximate surface area is 138 Å². The van der Waals surface area contributed by atoms with Gasteiger partial charge < -0.3 is 19.2 Å². The molecule has 3 heterocycles. The lowest BCUT2D eigenvalue weighted by Gasteiger charge is -2.31. The third kappa shape index (κ3) is 2.85. The predicted molar refractivity (Wildman–Crippen MR) is 88.7 cm³/mol. The van der Waals surface area contributed by atoms with Crippen molar-refractivity contribution >= 4 is 22.8 Å². The number of hydrogen-bond donors (Lipinski definition) is 1. The molecule has 2 amide bonds. The van der Waals surface area contributed by atoms with Gasteiger partial charge in [-0.15, -0.1) is 0 Å². The molecule has 1 aromatic carbocycles. The molecule has 1 saturated heterocycles. The summed E-state index contributed by atoms with van der Waals surface area (Å²) in [6.07, 6.45) is 1.46. The van der Waals surface area contributed by atoms with E-state index < -0.39 is 0 Å². The van der Waals surface area contributed by atoms with Crippen molar-refractivity contribution in [2.45, 2.75) is 6.54 Å². The number of para-hydroxylation sites is 1. The molecular weight excluding hydrogens is 308 g/mol. The fourth-order valence-electron chi connectivity index (χ4n) is 2.89. The zero-order chi connectivity index (χ0) is 16.4. The number of amides is 2. The van der Waals surface area contributed by atoms with Gasteiger partial charge in [0.15, 0.2) is 5.82 Å². The minimum absolute atomic E-state index is 0.0918. The van der Waals surface area contributed by atoms with Gasteiger partial charge in [-0.2, -0.15) is 0 Å². The van der Waals surface area contributed by atoms with Gasteiger partial charge in [0, 0.05) is 37.6 Å². The molecule has 7 nitrogen and oxygen atoms in total. The minimum Gasteiger partial charge on any atom is -0.459 e. The quantitative estimate of drug-likeness (QED) is 0.800. The van der Waals surface area contributed by atoms with E-state index in [0.717, 1.165) is 24.1 Å². The Kier molecular flexibility index (Phi) is 3.92. The Bertz CT molecular complexity index is 788.